The van der Waals surface area contributed by atoms with E-state index in [1.165, 1.54) is 9.80 Å². The lowest BCUT2D eigenvalue weighted by molar-refractivity contribution is 0.0869. The third-order valence-electron chi connectivity index (χ3n) is 4.22. The van der Waals surface area contributed by atoms with Crippen LogP contribution in [0.25, 0.3) is 0 Å². The molecule has 0 saturated carbocycles. The standard InChI is InChI=1S/C21H28N4O4/c1-24(14-10-18-8-3-5-12-22-18)20(26)28-16-7-17-29-21(27)25(2)15-11-19-9-4-6-13-23-19/h3-6,8-9,12-13H,7,10-11,14-17H2,1-2H3. The minimum Gasteiger partial charge on any atom is -0.449 e. The van der Waals surface area contributed by atoms with Crippen LogP contribution in [-0.4, -0.2) is 72.4 Å². The molecule has 0 spiro atoms. The molecule has 29 heavy (non-hydrogen) atoms. The first-order chi connectivity index (χ1) is 14.1. The minimum absolute atomic E-state index is 0.192. The van der Waals surface area contributed by atoms with Crippen molar-refractivity contribution >= 4 is 12.2 Å². The predicted molar refractivity (Wildman–Crippen MR) is 108 cm³/mol. The van der Waals surface area contributed by atoms with E-state index in [-0.39, 0.29) is 13.2 Å². The Kier molecular flexibility index (Phi) is 9.41. The number of pyridine rings is 2. The zero-order chi connectivity index (χ0) is 20.9. The highest BCUT2D eigenvalue weighted by atomic mass is 16.6. The fourth-order valence-electron chi connectivity index (χ4n) is 2.44. The van der Waals surface area contributed by atoms with Crippen molar-refractivity contribution < 1.29 is 19.1 Å². The van der Waals surface area contributed by atoms with Gasteiger partial charge in [0.25, 0.3) is 0 Å². The van der Waals surface area contributed by atoms with E-state index >= 15 is 0 Å². The van der Waals surface area contributed by atoms with E-state index in [0.717, 1.165) is 11.4 Å². The molecule has 0 fully saturated rings. The van der Waals surface area contributed by atoms with Crippen molar-refractivity contribution in [2.75, 3.05) is 40.4 Å². The Labute approximate surface area is 171 Å². The number of hydrogen-bond acceptors (Lipinski definition) is 6. The maximum absolute atomic E-state index is 12.0. The average Bonchev–Trinajstić information content (AvgIpc) is 2.76. The molecule has 0 unspecified atom stereocenters. The number of amides is 2. The predicted octanol–water partition coefficient (Wildman–Crippen LogP) is 2.79. The van der Waals surface area contributed by atoms with Gasteiger partial charge in [-0.05, 0) is 24.3 Å². The van der Waals surface area contributed by atoms with Crippen LogP contribution >= 0.6 is 0 Å². The molecular weight excluding hydrogens is 372 g/mol. The molecule has 8 heteroatoms. The second-order valence-corrected chi connectivity index (χ2v) is 6.57. The van der Waals surface area contributed by atoms with Crippen LogP contribution in [0, 0.1) is 0 Å². The van der Waals surface area contributed by atoms with Gasteiger partial charge in [0, 0.05) is 70.2 Å². The second kappa shape index (κ2) is 12.3. The summed E-state index contributed by atoms with van der Waals surface area (Å²) in [4.78, 5) is 35.4. The Morgan fingerprint density at radius 3 is 1.62 bits per heavy atom. The van der Waals surface area contributed by atoms with E-state index in [9.17, 15) is 9.59 Å². The van der Waals surface area contributed by atoms with E-state index in [4.69, 9.17) is 9.47 Å². The van der Waals surface area contributed by atoms with E-state index in [1.807, 2.05) is 36.4 Å². The molecule has 2 heterocycles. The lowest BCUT2D eigenvalue weighted by Gasteiger charge is -2.18. The van der Waals surface area contributed by atoms with Gasteiger partial charge in [-0.3, -0.25) is 9.97 Å². The first kappa shape index (κ1) is 22.1. The third-order valence-corrected chi connectivity index (χ3v) is 4.22. The summed E-state index contributed by atoms with van der Waals surface area (Å²) in [5, 5.41) is 0. The SMILES string of the molecule is CN(CCc1ccccn1)C(=O)OCCCOC(=O)N(C)CCc1ccccn1. The molecule has 0 aliphatic rings. The van der Waals surface area contributed by atoms with Crippen LogP contribution in [0.5, 0.6) is 0 Å². The van der Waals surface area contributed by atoms with Gasteiger partial charge in [-0.2, -0.15) is 0 Å². The van der Waals surface area contributed by atoms with Gasteiger partial charge in [0.1, 0.15) is 0 Å². The number of carbonyl (C=O) groups is 2. The molecule has 0 radical (unpaired) electrons. The van der Waals surface area contributed by atoms with Crippen molar-refractivity contribution in [2.24, 2.45) is 0 Å². The van der Waals surface area contributed by atoms with Gasteiger partial charge in [0.05, 0.1) is 13.2 Å². The van der Waals surface area contributed by atoms with Crippen LogP contribution in [0.3, 0.4) is 0 Å². The molecule has 2 rings (SSSR count). The lowest BCUT2D eigenvalue weighted by atomic mass is 10.2. The molecule has 0 aromatic carbocycles. The zero-order valence-corrected chi connectivity index (χ0v) is 17.0. The van der Waals surface area contributed by atoms with Gasteiger partial charge in [-0.1, -0.05) is 12.1 Å². The van der Waals surface area contributed by atoms with E-state index < -0.39 is 12.2 Å². The molecule has 2 aromatic rings. The highest BCUT2D eigenvalue weighted by molar-refractivity contribution is 5.67. The molecule has 0 saturated heterocycles. The van der Waals surface area contributed by atoms with Crippen molar-refractivity contribution in [2.45, 2.75) is 19.3 Å². The summed E-state index contributed by atoms with van der Waals surface area (Å²) >= 11 is 0. The fraction of sp³-hybridized carbons (Fsp3) is 0.429. The quantitative estimate of drug-likeness (QED) is 0.570. The van der Waals surface area contributed by atoms with Crippen molar-refractivity contribution in [1.29, 1.82) is 0 Å². The minimum atomic E-state index is -0.403. The number of hydrogen-bond donors (Lipinski definition) is 0. The lowest BCUT2D eigenvalue weighted by Crippen LogP contribution is -2.31. The Balaban J connectivity index is 1.53. The molecule has 8 nitrogen and oxygen atoms in total. The van der Waals surface area contributed by atoms with Crippen molar-refractivity contribution in [1.82, 2.24) is 19.8 Å². The summed E-state index contributed by atoms with van der Waals surface area (Å²) < 4.78 is 10.4. The molecule has 2 aromatic heterocycles. The second-order valence-electron chi connectivity index (χ2n) is 6.57. The summed E-state index contributed by atoms with van der Waals surface area (Å²) in [6, 6.07) is 11.4. The summed E-state index contributed by atoms with van der Waals surface area (Å²) in [5.74, 6) is 0. The summed E-state index contributed by atoms with van der Waals surface area (Å²) in [5.41, 5.74) is 1.84. The number of ether oxygens (including phenoxy) is 2. The van der Waals surface area contributed by atoms with Gasteiger partial charge in [-0.25, -0.2) is 9.59 Å². The van der Waals surface area contributed by atoms with Crippen LogP contribution in [0.15, 0.2) is 48.8 Å². The number of likely N-dealkylation sites (N-methyl/N-ethyl adjacent to an activating group) is 2. The van der Waals surface area contributed by atoms with Crippen molar-refractivity contribution in [3.63, 3.8) is 0 Å². The third kappa shape index (κ3) is 8.59. The van der Waals surface area contributed by atoms with E-state index in [1.54, 1.807) is 26.5 Å². The summed E-state index contributed by atoms with van der Waals surface area (Å²) in [6.45, 7) is 1.42. The molecule has 0 N–H and O–H groups in total. The van der Waals surface area contributed by atoms with Gasteiger partial charge in [0.2, 0.25) is 0 Å². The maximum atomic E-state index is 12.0. The topological polar surface area (TPSA) is 84.9 Å². The average molecular weight is 400 g/mol. The first-order valence-corrected chi connectivity index (χ1v) is 9.62. The van der Waals surface area contributed by atoms with Crippen LogP contribution in [0.2, 0.25) is 0 Å². The Morgan fingerprint density at radius 2 is 1.24 bits per heavy atom. The van der Waals surface area contributed by atoms with Crippen LogP contribution in [0.1, 0.15) is 17.8 Å². The number of aromatic nitrogens is 2. The Hall–Kier alpha value is -3.16. The van der Waals surface area contributed by atoms with Gasteiger partial charge >= 0.3 is 12.2 Å². The molecule has 0 bridgehead atoms. The largest absolute Gasteiger partial charge is 0.449 e. The summed E-state index contributed by atoms with van der Waals surface area (Å²) in [7, 11) is 3.36. The number of nitrogens with zero attached hydrogens (tertiary/aromatic N) is 4. The molecule has 0 aliphatic carbocycles. The van der Waals surface area contributed by atoms with Crippen molar-refractivity contribution in [3.05, 3.63) is 60.2 Å². The van der Waals surface area contributed by atoms with Gasteiger partial charge in [0.15, 0.2) is 0 Å². The zero-order valence-electron chi connectivity index (χ0n) is 17.0. The number of carbonyl (C=O) groups excluding carboxylic acids is 2. The number of rotatable bonds is 10. The molecule has 2 amide bonds. The fourth-order valence-corrected chi connectivity index (χ4v) is 2.44. The molecular formula is C21H28N4O4. The molecule has 0 atom stereocenters. The maximum Gasteiger partial charge on any atom is 0.409 e. The normalized spacial score (nSPS) is 10.3. The smallest absolute Gasteiger partial charge is 0.409 e. The summed E-state index contributed by atoms with van der Waals surface area (Å²) in [6.07, 6.45) is 4.42. The molecule has 156 valence electrons. The van der Waals surface area contributed by atoms with E-state index in [2.05, 4.69) is 9.97 Å². The Morgan fingerprint density at radius 1 is 0.793 bits per heavy atom. The van der Waals surface area contributed by atoms with Crippen molar-refractivity contribution in [3.8, 4) is 0 Å². The first-order valence-electron chi connectivity index (χ1n) is 9.62. The van der Waals surface area contributed by atoms with Crippen LogP contribution in [0.4, 0.5) is 9.59 Å². The Bertz CT molecular complexity index is 679. The highest BCUT2D eigenvalue weighted by Gasteiger charge is 2.12. The van der Waals surface area contributed by atoms with E-state index in [0.29, 0.717) is 32.4 Å². The molecule has 0 aliphatic heterocycles. The highest BCUT2D eigenvalue weighted by Crippen LogP contribution is 2.01. The van der Waals surface area contributed by atoms with Crippen LogP contribution in [-0.2, 0) is 22.3 Å². The monoisotopic (exact) mass is 400 g/mol. The van der Waals surface area contributed by atoms with Crippen LogP contribution < -0.4 is 0 Å². The van der Waals surface area contributed by atoms with Gasteiger partial charge < -0.3 is 19.3 Å². The van der Waals surface area contributed by atoms with Gasteiger partial charge in [-0.15, -0.1) is 0 Å².